The zero-order chi connectivity index (χ0) is 14.8. The Balaban J connectivity index is 1.72. The Labute approximate surface area is 121 Å². The van der Waals surface area contributed by atoms with Crippen LogP contribution in [0.2, 0.25) is 0 Å². The number of carbonyl (C=O) groups excluding carboxylic acids is 1. The number of benzene rings is 1. The molecule has 1 aliphatic carbocycles. The molecular weight excluding hydrogens is 270 g/mol. The summed E-state index contributed by atoms with van der Waals surface area (Å²) in [7, 11) is 0. The van der Waals surface area contributed by atoms with Crippen LogP contribution >= 0.6 is 0 Å². The van der Waals surface area contributed by atoms with Gasteiger partial charge in [0.15, 0.2) is 5.82 Å². The van der Waals surface area contributed by atoms with E-state index in [1.807, 2.05) is 18.2 Å². The Morgan fingerprint density at radius 2 is 2.14 bits per heavy atom. The van der Waals surface area contributed by atoms with Crippen molar-refractivity contribution < 1.29 is 14.7 Å². The van der Waals surface area contributed by atoms with Crippen molar-refractivity contribution in [2.75, 3.05) is 0 Å². The number of fused-ring (bicyclic) bond motifs is 1. The van der Waals surface area contributed by atoms with Gasteiger partial charge in [-0.2, -0.15) is 0 Å². The summed E-state index contributed by atoms with van der Waals surface area (Å²) in [5.41, 5.74) is 1.45. The molecule has 0 radical (unpaired) electrons. The average molecular weight is 287 g/mol. The molecule has 1 aromatic heterocycles. The van der Waals surface area contributed by atoms with Gasteiger partial charge in [-0.3, -0.25) is 4.79 Å². The number of para-hydroxylation sites is 2. The molecule has 110 valence electrons. The number of hydrogen-bond acceptors (Lipinski definition) is 3. The number of H-pyrrole nitrogens is 1. The molecule has 1 aromatic carbocycles. The van der Waals surface area contributed by atoms with Crippen molar-refractivity contribution in [2.24, 2.45) is 5.92 Å². The van der Waals surface area contributed by atoms with Gasteiger partial charge in [0.1, 0.15) is 6.04 Å². The first-order chi connectivity index (χ1) is 10.1. The number of amides is 1. The first kappa shape index (κ1) is 13.6. The third-order valence-electron chi connectivity index (χ3n) is 4.00. The van der Waals surface area contributed by atoms with Crippen LogP contribution in [0, 0.1) is 5.92 Å². The van der Waals surface area contributed by atoms with Crippen molar-refractivity contribution >= 4 is 22.9 Å². The summed E-state index contributed by atoms with van der Waals surface area (Å²) in [4.78, 5) is 30.5. The van der Waals surface area contributed by atoms with Crippen LogP contribution in [0.15, 0.2) is 24.3 Å². The van der Waals surface area contributed by atoms with E-state index in [0.717, 1.165) is 24.8 Å². The zero-order valence-corrected chi connectivity index (χ0v) is 11.5. The van der Waals surface area contributed by atoms with E-state index in [1.54, 1.807) is 6.07 Å². The van der Waals surface area contributed by atoms with Crippen molar-refractivity contribution in [3.63, 3.8) is 0 Å². The number of aromatic amines is 1. The minimum absolute atomic E-state index is 0.149. The number of aromatic nitrogens is 2. The number of aliphatic carboxylic acids is 1. The lowest BCUT2D eigenvalue weighted by atomic mass is 9.81. The fraction of sp³-hybridized carbons (Fsp3) is 0.400. The zero-order valence-electron chi connectivity index (χ0n) is 11.5. The Morgan fingerprint density at radius 3 is 2.76 bits per heavy atom. The molecule has 3 N–H and O–H groups in total. The molecule has 1 fully saturated rings. The molecule has 3 rings (SSSR count). The molecule has 1 amide bonds. The van der Waals surface area contributed by atoms with Crippen molar-refractivity contribution in [1.82, 2.24) is 15.3 Å². The fourth-order valence-electron chi connectivity index (χ4n) is 2.57. The molecule has 1 heterocycles. The van der Waals surface area contributed by atoms with Gasteiger partial charge in [0.05, 0.1) is 11.0 Å². The van der Waals surface area contributed by atoms with E-state index in [-0.39, 0.29) is 5.82 Å². The lowest BCUT2D eigenvalue weighted by Gasteiger charge is -2.28. The maximum Gasteiger partial charge on any atom is 0.326 e. The number of carboxylic acid groups (broad SMARTS) is 1. The number of nitrogens with one attached hydrogen (secondary N) is 2. The van der Waals surface area contributed by atoms with Crippen LogP contribution < -0.4 is 5.32 Å². The molecule has 1 atom stereocenters. The molecule has 1 aliphatic rings. The molecule has 6 nitrogen and oxygen atoms in total. The quantitative estimate of drug-likeness (QED) is 0.783. The van der Waals surface area contributed by atoms with Crippen molar-refractivity contribution in [1.29, 1.82) is 0 Å². The van der Waals surface area contributed by atoms with E-state index in [1.165, 1.54) is 0 Å². The first-order valence-corrected chi connectivity index (χ1v) is 7.12. The van der Waals surface area contributed by atoms with Crippen LogP contribution in [0.4, 0.5) is 0 Å². The van der Waals surface area contributed by atoms with Crippen LogP contribution in [0.3, 0.4) is 0 Å². The smallest absolute Gasteiger partial charge is 0.326 e. The summed E-state index contributed by atoms with van der Waals surface area (Å²) in [6, 6.07) is 6.45. The molecule has 2 aromatic rings. The molecule has 0 spiro atoms. The van der Waals surface area contributed by atoms with Gasteiger partial charge in [0.25, 0.3) is 5.91 Å². The third kappa shape index (κ3) is 2.89. The maximum absolute atomic E-state index is 12.1. The van der Waals surface area contributed by atoms with E-state index in [4.69, 9.17) is 0 Å². The summed E-state index contributed by atoms with van der Waals surface area (Å²) >= 11 is 0. The number of nitrogens with zero attached hydrogens (tertiary/aromatic N) is 1. The molecule has 0 saturated heterocycles. The molecule has 1 unspecified atom stereocenters. The largest absolute Gasteiger partial charge is 0.480 e. The van der Waals surface area contributed by atoms with Crippen LogP contribution in [-0.2, 0) is 4.79 Å². The number of hydrogen-bond donors (Lipinski definition) is 3. The molecule has 6 heteroatoms. The number of imidazole rings is 1. The van der Waals surface area contributed by atoms with Gasteiger partial charge in [-0.1, -0.05) is 31.4 Å². The highest BCUT2D eigenvalue weighted by Crippen LogP contribution is 2.30. The summed E-state index contributed by atoms with van der Waals surface area (Å²) in [5, 5.41) is 11.8. The maximum atomic E-state index is 12.1. The van der Waals surface area contributed by atoms with Gasteiger partial charge >= 0.3 is 5.97 Å². The lowest BCUT2D eigenvalue weighted by molar-refractivity contribution is -0.139. The first-order valence-electron chi connectivity index (χ1n) is 7.12. The second-order valence-electron chi connectivity index (χ2n) is 5.50. The van der Waals surface area contributed by atoms with Crippen LogP contribution in [0.5, 0.6) is 0 Å². The van der Waals surface area contributed by atoms with Gasteiger partial charge in [-0.05, 0) is 24.5 Å². The Kier molecular flexibility index (Phi) is 3.60. The molecular formula is C15H17N3O3. The number of carboxylic acids is 1. The highest BCUT2D eigenvalue weighted by molar-refractivity contribution is 5.96. The minimum atomic E-state index is -0.994. The third-order valence-corrected chi connectivity index (χ3v) is 4.00. The number of rotatable bonds is 5. The highest BCUT2D eigenvalue weighted by atomic mass is 16.4. The molecule has 1 saturated carbocycles. The Hall–Kier alpha value is -2.37. The van der Waals surface area contributed by atoms with Gasteiger partial charge in [0, 0.05) is 0 Å². The van der Waals surface area contributed by atoms with Gasteiger partial charge < -0.3 is 15.4 Å². The van der Waals surface area contributed by atoms with Crippen LogP contribution in [-0.4, -0.2) is 33.0 Å². The monoisotopic (exact) mass is 287 g/mol. The predicted octanol–water partition coefficient (Wildman–Crippen LogP) is 1.94. The van der Waals surface area contributed by atoms with Crippen molar-refractivity contribution in [3.05, 3.63) is 30.1 Å². The second-order valence-corrected chi connectivity index (χ2v) is 5.50. The van der Waals surface area contributed by atoms with E-state index in [2.05, 4.69) is 15.3 Å². The van der Waals surface area contributed by atoms with Crippen molar-refractivity contribution in [3.8, 4) is 0 Å². The fourth-order valence-corrected chi connectivity index (χ4v) is 2.57. The van der Waals surface area contributed by atoms with E-state index in [0.29, 0.717) is 17.9 Å². The summed E-state index contributed by atoms with van der Waals surface area (Å²) in [5.74, 6) is -0.914. The highest BCUT2D eigenvalue weighted by Gasteiger charge is 2.28. The van der Waals surface area contributed by atoms with Crippen LogP contribution in [0.1, 0.15) is 36.3 Å². The summed E-state index contributed by atoms with van der Waals surface area (Å²) in [6.07, 6.45) is 3.73. The topological polar surface area (TPSA) is 95.1 Å². The lowest BCUT2D eigenvalue weighted by Crippen LogP contribution is -2.43. The van der Waals surface area contributed by atoms with Crippen LogP contribution in [0.25, 0.3) is 11.0 Å². The SMILES string of the molecule is O=C(NC(CC1CCC1)C(=O)O)c1nc2ccccc2[nH]1. The van der Waals surface area contributed by atoms with Gasteiger partial charge in [-0.25, -0.2) is 9.78 Å². The Morgan fingerprint density at radius 1 is 1.38 bits per heavy atom. The van der Waals surface area contributed by atoms with E-state index < -0.39 is 17.9 Å². The number of carbonyl (C=O) groups is 2. The molecule has 0 aliphatic heterocycles. The van der Waals surface area contributed by atoms with E-state index >= 15 is 0 Å². The van der Waals surface area contributed by atoms with E-state index in [9.17, 15) is 14.7 Å². The normalized spacial score (nSPS) is 16.4. The summed E-state index contributed by atoms with van der Waals surface area (Å²) in [6.45, 7) is 0. The van der Waals surface area contributed by atoms with Gasteiger partial charge in [0.2, 0.25) is 0 Å². The molecule has 0 bridgehead atoms. The average Bonchev–Trinajstić information content (AvgIpc) is 2.84. The Bertz CT molecular complexity index is 643. The molecule has 21 heavy (non-hydrogen) atoms. The second kappa shape index (κ2) is 5.55. The van der Waals surface area contributed by atoms with Gasteiger partial charge in [-0.15, -0.1) is 0 Å². The standard InChI is InChI=1S/C15H17N3O3/c19-14(13-16-10-6-1-2-7-11(10)17-13)18-12(15(20)21)8-9-4-3-5-9/h1-2,6-7,9,12H,3-5,8H2,(H,16,17)(H,18,19)(H,20,21). The summed E-state index contributed by atoms with van der Waals surface area (Å²) < 4.78 is 0. The van der Waals surface area contributed by atoms with Crippen molar-refractivity contribution in [2.45, 2.75) is 31.7 Å². The predicted molar refractivity (Wildman–Crippen MR) is 76.9 cm³/mol. The minimum Gasteiger partial charge on any atom is -0.480 e.